The summed E-state index contributed by atoms with van der Waals surface area (Å²) in [4.78, 5) is 0. The fraction of sp³-hybridized carbons (Fsp3) is 0.600. The SMILES string of the molecule is Cc1ccccc1OCC(CN)C1CCNCC1. The monoisotopic (exact) mass is 248 g/mol. The van der Waals surface area contributed by atoms with E-state index in [1.165, 1.54) is 18.4 Å². The molecule has 0 saturated carbocycles. The lowest BCUT2D eigenvalue weighted by Gasteiger charge is -2.30. The fourth-order valence-corrected chi connectivity index (χ4v) is 2.63. The minimum absolute atomic E-state index is 0.478. The second kappa shape index (κ2) is 6.76. The largest absolute Gasteiger partial charge is 0.493 e. The first-order chi connectivity index (χ1) is 8.81. The molecule has 1 fully saturated rings. The minimum atomic E-state index is 0.478. The Morgan fingerprint density at radius 3 is 2.72 bits per heavy atom. The number of piperidine rings is 1. The molecule has 0 bridgehead atoms. The van der Waals surface area contributed by atoms with E-state index in [1.807, 2.05) is 18.2 Å². The number of hydrogen-bond acceptors (Lipinski definition) is 3. The third kappa shape index (κ3) is 3.47. The van der Waals surface area contributed by atoms with Crippen LogP contribution in [0.25, 0.3) is 0 Å². The van der Waals surface area contributed by atoms with Crippen molar-refractivity contribution in [3.63, 3.8) is 0 Å². The van der Waals surface area contributed by atoms with Gasteiger partial charge < -0.3 is 15.8 Å². The Labute approximate surface area is 110 Å². The van der Waals surface area contributed by atoms with Crippen LogP contribution >= 0.6 is 0 Å². The molecule has 1 aliphatic heterocycles. The van der Waals surface area contributed by atoms with Crippen molar-refractivity contribution in [3.8, 4) is 5.75 Å². The lowest BCUT2D eigenvalue weighted by molar-refractivity contribution is 0.172. The molecule has 3 nitrogen and oxygen atoms in total. The first-order valence-electron chi connectivity index (χ1n) is 6.90. The predicted molar refractivity (Wildman–Crippen MR) is 74.8 cm³/mol. The van der Waals surface area contributed by atoms with Gasteiger partial charge in [-0.3, -0.25) is 0 Å². The number of para-hydroxylation sites is 1. The summed E-state index contributed by atoms with van der Waals surface area (Å²) in [6.07, 6.45) is 2.44. The van der Waals surface area contributed by atoms with Crippen molar-refractivity contribution >= 4 is 0 Å². The lowest BCUT2D eigenvalue weighted by atomic mass is 9.85. The maximum Gasteiger partial charge on any atom is 0.122 e. The molecule has 0 spiro atoms. The van der Waals surface area contributed by atoms with Gasteiger partial charge in [0.05, 0.1) is 6.61 Å². The molecule has 3 heteroatoms. The molecule has 0 radical (unpaired) electrons. The molecule has 3 N–H and O–H groups in total. The molecule has 1 heterocycles. The quantitative estimate of drug-likeness (QED) is 0.837. The Kier molecular flexibility index (Phi) is 5.02. The van der Waals surface area contributed by atoms with Crippen LogP contribution in [0.15, 0.2) is 24.3 Å². The van der Waals surface area contributed by atoms with Gasteiger partial charge in [0.1, 0.15) is 5.75 Å². The zero-order valence-corrected chi connectivity index (χ0v) is 11.2. The highest BCUT2D eigenvalue weighted by Crippen LogP contribution is 2.23. The maximum absolute atomic E-state index is 5.94. The standard InChI is InChI=1S/C15H24N2O/c1-12-4-2-3-5-15(12)18-11-14(10-16)13-6-8-17-9-7-13/h2-5,13-14,17H,6-11,16H2,1H3. The van der Waals surface area contributed by atoms with E-state index in [9.17, 15) is 0 Å². The highest BCUT2D eigenvalue weighted by Gasteiger charge is 2.23. The van der Waals surface area contributed by atoms with Gasteiger partial charge in [-0.25, -0.2) is 0 Å². The minimum Gasteiger partial charge on any atom is -0.493 e. The van der Waals surface area contributed by atoms with Crippen molar-refractivity contribution in [2.45, 2.75) is 19.8 Å². The van der Waals surface area contributed by atoms with E-state index in [4.69, 9.17) is 10.5 Å². The zero-order valence-electron chi connectivity index (χ0n) is 11.2. The van der Waals surface area contributed by atoms with E-state index < -0.39 is 0 Å². The van der Waals surface area contributed by atoms with Crippen LogP contribution in [0.1, 0.15) is 18.4 Å². The third-order valence-corrected chi connectivity index (χ3v) is 3.90. The van der Waals surface area contributed by atoms with E-state index in [0.717, 1.165) is 32.0 Å². The van der Waals surface area contributed by atoms with Crippen LogP contribution in [-0.2, 0) is 0 Å². The van der Waals surface area contributed by atoms with Gasteiger partial charge in [-0.15, -0.1) is 0 Å². The average Bonchev–Trinajstić information content (AvgIpc) is 2.42. The molecular weight excluding hydrogens is 224 g/mol. The molecule has 1 saturated heterocycles. The molecule has 18 heavy (non-hydrogen) atoms. The van der Waals surface area contributed by atoms with Crippen LogP contribution in [0.2, 0.25) is 0 Å². The highest BCUT2D eigenvalue weighted by atomic mass is 16.5. The van der Waals surface area contributed by atoms with Gasteiger partial charge in [-0.2, -0.15) is 0 Å². The predicted octanol–water partition coefficient (Wildman–Crippen LogP) is 1.95. The van der Waals surface area contributed by atoms with Crippen molar-refractivity contribution in [3.05, 3.63) is 29.8 Å². The third-order valence-electron chi connectivity index (χ3n) is 3.90. The van der Waals surface area contributed by atoms with E-state index >= 15 is 0 Å². The molecule has 1 aromatic rings. The van der Waals surface area contributed by atoms with Gasteiger partial charge in [0, 0.05) is 5.92 Å². The number of aryl methyl sites for hydroxylation is 1. The molecule has 0 amide bonds. The first kappa shape index (κ1) is 13.4. The molecule has 0 aliphatic carbocycles. The van der Waals surface area contributed by atoms with Gasteiger partial charge in [0.25, 0.3) is 0 Å². The van der Waals surface area contributed by atoms with Crippen LogP contribution < -0.4 is 15.8 Å². The average molecular weight is 248 g/mol. The maximum atomic E-state index is 5.94. The normalized spacial score (nSPS) is 18.6. The first-order valence-corrected chi connectivity index (χ1v) is 6.90. The molecule has 0 aromatic heterocycles. The van der Waals surface area contributed by atoms with Crippen molar-refractivity contribution in [2.24, 2.45) is 17.6 Å². The Morgan fingerprint density at radius 2 is 2.06 bits per heavy atom. The number of hydrogen-bond donors (Lipinski definition) is 2. The van der Waals surface area contributed by atoms with Gasteiger partial charge in [-0.1, -0.05) is 18.2 Å². The molecule has 1 aromatic carbocycles. The van der Waals surface area contributed by atoms with E-state index in [1.54, 1.807) is 0 Å². The number of rotatable bonds is 5. The van der Waals surface area contributed by atoms with E-state index in [-0.39, 0.29) is 0 Å². The van der Waals surface area contributed by atoms with Crippen LogP contribution in [0.3, 0.4) is 0 Å². The molecule has 1 unspecified atom stereocenters. The summed E-state index contributed by atoms with van der Waals surface area (Å²) in [6.45, 7) is 5.77. The zero-order chi connectivity index (χ0) is 12.8. The Morgan fingerprint density at radius 1 is 1.33 bits per heavy atom. The van der Waals surface area contributed by atoms with Gasteiger partial charge in [0.15, 0.2) is 0 Å². The van der Waals surface area contributed by atoms with Crippen LogP contribution in [0.5, 0.6) is 5.75 Å². The Hall–Kier alpha value is -1.06. The number of nitrogens with one attached hydrogen (secondary N) is 1. The summed E-state index contributed by atoms with van der Waals surface area (Å²) in [5, 5.41) is 3.39. The van der Waals surface area contributed by atoms with Crippen LogP contribution in [0, 0.1) is 18.8 Å². The smallest absolute Gasteiger partial charge is 0.122 e. The lowest BCUT2D eigenvalue weighted by Crippen LogP contribution is -2.37. The second-order valence-corrected chi connectivity index (χ2v) is 5.16. The summed E-state index contributed by atoms with van der Waals surface area (Å²) >= 11 is 0. The molecule has 100 valence electrons. The summed E-state index contributed by atoms with van der Waals surface area (Å²) in [5.41, 5.74) is 7.10. The van der Waals surface area contributed by atoms with Crippen molar-refractivity contribution in [1.82, 2.24) is 5.32 Å². The molecule has 2 rings (SSSR count). The second-order valence-electron chi connectivity index (χ2n) is 5.16. The summed E-state index contributed by atoms with van der Waals surface area (Å²) in [7, 11) is 0. The Bertz CT molecular complexity index is 361. The van der Waals surface area contributed by atoms with Crippen LogP contribution in [-0.4, -0.2) is 26.2 Å². The van der Waals surface area contributed by atoms with Gasteiger partial charge in [-0.05, 0) is 56.9 Å². The number of benzene rings is 1. The summed E-state index contributed by atoms with van der Waals surface area (Å²) in [6, 6.07) is 8.17. The van der Waals surface area contributed by atoms with E-state index in [0.29, 0.717) is 11.8 Å². The Balaban J connectivity index is 1.88. The number of nitrogens with two attached hydrogens (primary N) is 1. The topological polar surface area (TPSA) is 47.3 Å². The van der Waals surface area contributed by atoms with Crippen molar-refractivity contribution in [2.75, 3.05) is 26.2 Å². The van der Waals surface area contributed by atoms with Crippen molar-refractivity contribution < 1.29 is 4.74 Å². The van der Waals surface area contributed by atoms with Crippen LogP contribution in [0.4, 0.5) is 0 Å². The van der Waals surface area contributed by atoms with E-state index in [2.05, 4.69) is 18.3 Å². The highest BCUT2D eigenvalue weighted by molar-refractivity contribution is 5.31. The summed E-state index contributed by atoms with van der Waals surface area (Å²) in [5.74, 6) is 2.18. The van der Waals surface area contributed by atoms with Gasteiger partial charge >= 0.3 is 0 Å². The summed E-state index contributed by atoms with van der Waals surface area (Å²) < 4.78 is 5.94. The van der Waals surface area contributed by atoms with Crippen molar-refractivity contribution in [1.29, 1.82) is 0 Å². The molecule has 1 aliphatic rings. The van der Waals surface area contributed by atoms with Gasteiger partial charge in [0.2, 0.25) is 0 Å². The fourth-order valence-electron chi connectivity index (χ4n) is 2.63. The molecule has 1 atom stereocenters. The molecular formula is C15H24N2O. The number of ether oxygens (including phenoxy) is 1.